The fourth-order valence-electron chi connectivity index (χ4n) is 2.40. The molecular formula is C18H27FO2. The maximum Gasteiger partial charge on any atom is 0.165 e. The number of halogens is 1. The van der Waals surface area contributed by atoms with Gasteiger partial charge in [-0.15, -0.1) is 0 Å². The lowest BCUT2D eigenvalue weighted by Gasteiger charge is -2.05. The molecule has 1 aromatic rings. The lowest BCUT2D eigenvalue weighted by molar-refractivity contribution is 0.0975. The molecule has 0 atom stereocenters. The molecule has 0 aliphatic carbocycles. The number of hydrogen-bond acceptors (Lipinski definition) is 2. The fraction of sp³-hybridized carbons (Fsp3) is 0.611. The Morgan fingerprint density at radius 2 is 1.67 bits per heavy atom. The molecule has 0 saturated carbocycles. The standard InChI is InChI=1S/C18H27FO2/c1-3-4-5-6-7-8-9-10-11-18(20)16-13-12-15(21-2)14-17(16)19/h12-14H,3-11H2,1-2H3. The van der Waals surface area contributed by atoms with Crippen LogP contribution in [-0.4, -0.2) is 12.9 Å². The van der Waals surface area contributed by atoms with Crippen LogP contribution in [-0.2, 0) is 0 Å². The molecule has 3 heteroatoms. The van der Waals surface area contributed by atoms with Crippen LogP contribution in [0.2, 0.25) is 0 Å². The highest BCUT2D eigenvalue weighted by molar-refractivity contribution is 5.96. The monoisotopic (exact) mass is 294 g/mol. The Labute approximate surface area is 127 Å². The first-order valence-electron chi connectivity index (χ1n) is 8.05. The molecule has 0 aliphatic heterocycles. The molecule has 0 unspecified atom stereocenters. The third-order valence-electron chi connectivity index (χ3n) is 3.73. The molecule has 2 nitrogen and oxygen atoms in total. The summed E-state index contributed by atoms with van der Waals surface area (Å²) >= 11 is 0. The number of ether oxygens (including phenoxy) is 1. The smallest absolute Gasteiger partial charge is 0.165 e. The van der Waals surface area contributed by atoms with E-state index in [1.54, 1.807) is 6.07 Å². The van der Waals surface area contributed by atoms with Gasteiger partial charge in [0.15, 0.2) is 5.78 Å². The van der Waals surface area contributed by atoms with Crippen molar-refractivity contribution in [2.75, 3.05) is 7.11 Å². The number of hydrogen-bond donors (Lipinski definition) is 0. The molecule has 0 spiro atoms. The Balaban J connectivity index is 2.22. The molecule has 0 bridgehead atoms. The zero-order valence-electron chi connectivity index (χ0n) is 13.3. The minimum Gasteiger partial charge on any atom is -0.497 e. The molecule has 0 N–H and O–H groups in total. The van der Waals surface area contributed by atoms with Crippen LogP contribution in [0.3, 0.4) is 0 Å². The Morgan fingerprint density at radius 1 is 1.05 bits per heavy atom. The molecule has 0 amide bonds. The van der Waals surface area contributed by atoms with Crippen LogP contribution in [0.4, 0.5) is 4.39 Å². The van der Waals surface area contributed by atoms with E-state index in [1.807, 2.05) is 0 Å². The summed E-state index contributed by atoms with van der Waals surface area (Å²) in [7, 11) is 1.48. The summed E-state index contributed by atoms with van der Waals surface area (Å²) in [6.45, 7) is 2.21. The van der Waals surface area contributed by atoms with Crippen molar-refractivity contribution in [2.45, 2.75) is 64.7 Å². The summed E-state index contributed by atoms with van der Waals surface area (Å²) in [5.41, 5.74) is 0.179. The molecule has 1 rings (SSSR count). The summed E-state index contributed by atoms with van der Waals surface area (Å²) in [5, 5.41) is 0. The minimum absolute atomic E-state index is 0.110. The molecule has 0 radical (unpaired) electrons. The second kappa shape index (κ2) is 10.4. The van der Waals surface area contributed by atoms with Crippen molar-refractivity contribution in [3.05, 3.63) is 29.6 Å². The molecule has 1 aromatic carbocycles. The van der Waals surface area contributed by atoms with Crippen molar-refractivity contribution < 1.29 is 13.9 Å². The van der Waals surface area contributed by atoms with E-state index in [1.165, 1.54) is 57.8 Å². The van der Waals surface area contributed by atoms with E-state index in [2.05, 4.69) is 6.92 Å². The van der Waals surface area contributed by atoms with E-state index < -0.39 is 5.82 Å². The lowest BCUT2D eigenvalue weighted by Crippen LogP contribution is -2.02. The van der Waals surface area contributed by atoms with Gasteiger partial charge >= 0.3 is 0 Å². The average molecular weight is 294 g/mol. The van der Waals surface area contributed by atoms with Crippen LogP contribution in [0.1, 0.15) is 75.1 Å². The van der Waals surface area contributed by atoms with Gasteiger partial charge in [-0.25, -0.2) is 4.39 Å². The topological polar surface area (TPSA) is 26.3 Å². The number of rotatable bonds is 11. The number of methoxy groups -OCH3 is 1. The van der Waals surface area contributed by atoms with Gasteiger partial charge in [0.05, 0.1) is 12.7 Å². The van der Waals surface area contributed by atoms with E-state index in [9.17, 15) is 9.18 Å². The van der Waals surface area contributed by atoms with Gasteiger partial charge in [-0.3, -0.25) is 4.79 Å². The fourth-order valence-corrected chi connectivity index (χ4v) is 2.40. The third-order valence-corrected chi connectivity index (χ3v) is 3.73. The molecule has 0 aromatic heterocycles. The maximum atomic E-state index is 13.7. The lowest BCUT2D eigenvalue weighted by atomic mass is 10.0. The molecule has 0 fully saturated rings. The minimum atomic E-state index is -0.487. The second-order valence-corrected chi connectivity index (χ2v) is 5.49. The van der Waals surface area contributed by atoms with Gasteiger partial charge in [0.2, 0.25) is 0 Å². The normalized spacial score (nSPS) is 10.6. The van der Waals surface area contributed by atoms with Gasteiger partial charge in [0.25, 0.3) is 0 Å². The molecule has 21 heavy (non-hydrogen) atoms. The van der Waals surface area contributed by atoms with E-state index >= 15 is 0 Å². The number of carbonyl (C=O) groups is 1. The largest absolute Gasteiger partial charge is 0.497 e. The quantitative estimate of drug-likeness (QED) is 0.395. The number of carbonyl (C=O) groups excluding carboxylic acids is 1. The van der Waals surface area contributed by atoms with E-state index in [0.29, 0.717) is 12.2 Å². The van der Waals surface area contributed by atoms with Gasteiger partial charge in [0, 0.05) is 12.5 Å². The van der Waals surface area contributed by atoms with Crippen molar-refractivity contribution in [1.82, 2.24) is 0 Å². The van der Waals surface area contributed by atoms with Gasteiger partial charge in [-0.05, 0) is 18.6 Å². The number of ketones is 1. The van der Waals surface area contributed by atoms with E-state index in [4.69, 9.17) is 4.74 Å². The summed E-state index contributed by atoms with van der Waals surface area (Å²) in [5.74, 6) is -0.156. The van der Waals surface area contributed by atoms with Gasteiger partial charge in [-0.1, -0.05) is 51.9 Å². The highest BCUT2D eigenvalue weighted by atomic mass is 19.1. The maximum absolute atomic E-state index is 13.7. The number of Topliss-reactive ketones (excluding diaryl/α,β-unsaturated/α-hetero) is 1. The number of unbranched alkanes of at least 4 members (excludes halogenated alkanes) is 7. The first kappa shape index (κ1) is 17.7. The van der Waals surface area contributed by atoms with Crippen molar-refractivity contribution in [1.29, 1.82) is 0 Å². The molecule has 0 aliphatic rings. The average Bonchev–Trinajstić information content (AvgIpc) is 2.49. The van der Waals surface area contributed by atoms with Crippen LogP contribution in [0.15, 0.2) is 18.2 Å². The van der Waals surface area contributed by atoms with Gasteiger partial charge in [0.1, 0.15) is 11.6 Å². The SMILES string of the molecule is CCCCCCCCCCC(=O)c1ccc(OC)cc1F. The van der Waals surface area contributed by atoms with Crippen LogP contribution >= 0.6 is 0 Å². The zero-order valence-corrected chi connectivity index (χ0v) is 13.3. The van der Waals surface area contributed by atoms with Crippen molar-refractivity contribution >= 4 is 5.78 Å². The number of benzene rings is 1. The molecular weight excluding hydrogens is 267 g/mol. The van der Waals surface area contributed by atoms with E-state index in [-0.39, 0.29) is 11.3 Å². The third kappa shape index (κ3) is 6.74. The van der Waals surface area contributed by atoms with Crippen LogP contribution < -0.4 is 4.74 Å². The molecule has 118 valence electrons. The zero-order chi connectivity index (χ0) is 15.5. The van der Waals surface area contributed by atoms with Crippen molar-refractivity contribution in [3.63, 3.8) is 0 Å². The summed E-state index contributed by atoms with van der Waals surface area (Å²) in [6.07, 6.45) is 9.91. The summed E-state index contributed by atoms with van der Waals surface area (Å²) in [6, 6.07) is 4.41. The first-order chi connectivity index (χ1) is 10.2. The highest BCUT2D eigenvalue weighted by Gasteiger charge is 2.12. The molecule has 0 saturated heterocycles. The predicted molar refractivity (Wildman–Crippen MR) is 84.5 cm³/mol. The van der Waals surface area contributed by atoms with Crippen molar-refractivity contribution in [3.8, 4) is 5.75 Å². The first-order valence-corrected chi connectivity index (χ1v) is 8.05. The van der Waals surface area contributed by atoms with Crippen molar-refractivity contribution in [2.24, 2.45) is 0 Å². The van der Waals surface area contributed by atoms with E-state index in [0.717, 1.165) is 12.8 Å². The summed E-state index contributed by atoms with van der Waals surface area (Å²) < 4.78 is 18.7. The predicted octanol–water partition coefficient (Wildman–Crippen LogP) is 5.55. The highest BCUT2D eigenvalue weighted by Crippen LogP contribution is 2.19. The van der Waals surface area contributed by atoms with Crippen LogP contribution in [0.5, 0.6) is 5.75 Å². The molecule has 0 heterocycles. The summed E-state index contributed by atoms with van der Waals surface area (Å²) in [4.78, 5) is 12.0. The van der Waals surface area contributed by atoms with Gasteiger partial charge < -0.3 is 4.74 Å². The second-order valence-electron chi connectivity index (χ2n) is 5.49. The Hall–Kier alpha value is -1.38. The Bertz CT molecular complexity index is 429. The van der Waals surface area contributed by atoms with Gasteiger partial charge in [-0.2, -0.15) is 0 Å². The van der Waals surface area contributed by atoms with Crippen LogP contribution in [0, 0.1) is 5.82 Å². The Kier molecular flexibility index (Phi) is 8.72. The van der Waals surface area contributed by atoms with Crippen LogP contribution in [0.25, 0.3) is 0 Å². The Morgan fingerprint density at radius 3 is 2.24 bits per heavy atom.